The molecule has 1 aliphatic heterocycles. The molecule has 0 spiro atoms. The maximum absolute atomic E-state index is 12.2. The van der Waals surface area contributed by atoms with Gasteiger partial charge in [0.1, 0.15) is 11.9 Å². The summed E-state index contributed by atoms with van der Waals surface area (Å²) in [6.07, 6.45) is 6.26. The van der Waals surface area contributed by atoms with E-state index in [9.17, 15) is 10.1 Å². The molecule has 1 unspecified atom stereocenters. The van der Waals surface area contributed by atoms with Gasteiger partial charge in [0, 0.05) is 37.8 Å². The summed E-state index contributed by atoms with van der Waals surface area (Å²) in [5.41, 5.74) is 1.23. The molecular weight excluding hydrogens is 309 g/mol. The van der Waals surface area contributed by atoms with Gasteiger partial charge in [0.25, 0.3) is 0 Å². The highest BCUT2D eigenvalue weighted by molar-refractivity contribution is 7.21. The Hall–Kier alpha value is -1.99. The molecule has 7 heteroatoms. The number of hydrogen-bond acceptors (Lipinski definition) is 4. The van der Waals surface area contributed by atoms with E-state index in [1.165, 1.54) is 0 Å². The van der Waals surface area contributed by atoms with Gasteiger partial charge in [-0.05, 0) is 18.4 Å². The van der Waals surface area contributed by atoms with Crippen molar-refractivity contribution in [3.05, 3.63) is 29.6 Å². The van der Waals surface area contributed by atoms with Gasteiger partial charge in [-0.25, -0.2) is 0 Å². The lowest BCUT2D eigenvalue weighted by atomic mass is 9.68. The first-order chi connectivity index (χ1) is 10.9. The molecule has 1 aromatic rings. The van der Waals surface area contributed by atoms with Crippen molar-refractivity contribution < 1.29 is 4.79 Å². The minimum atomic E-state index is -0.640. The van der Waals surface area contributed by atoms with Crippen LogP contribution in [0, 0.1) is 28.6 Å². The maximum Gasteiger partial charge on any atom is 0.176 e. The number of aryl methyl sites for hydroxylation is 1. The highest BCUT2D eigenvalue weighted by Gasteiger charge is 2.50. The molecular formula is C16H20N5OP. The predicted molar refractivity (Wildman–Crippen MR) is 89.8 cm³/mol. The van der Waals surface area contributed by atoms with Gasteiger partial charge in [-0.1, -0.05) is 6.92 Å². The number of Topliss-reactive ketones (excluding diaryl/α,β-unsaturated/α-hetero) is 1. The summed E-state index contributed by atoms with van der Waals surface area (Å²) < 4.78 is 1.75. The molecule has 1 N–H and O–H groups in total. The van der Waals surface area contributed by atoms with Gasteiger partial charge in [-0.2, -0.15) is 10.4 Å². The van der Waals surface area contributed by atoms with E-state index in [1.54, 1.807) is 17.0 Å². The van der Waals surface area contributed by atoms with E-state index in [0.29, 0.717) is 12.4 Å². The van der Waals surface area contributed by atoms with Crippen LogP contribution in [0.1, 0.15) is 18.9 Å². The van der Waals surface area contributed by atoms with Gasteiger partial charge < -0.3 is 4.90 Å². The van der Waals surface area contributed by atoms with Crippen LogP contribution in [0.25, 0.3) is 0 Å². The number of amidine groups is 1. The van der Waals surface area contributed by atoms with Crippen molar-refractivity contribution in [1.82, 2.24) is 14.7 Å². The number of rotatable bonds is 2. The largest absolute Gasteiger partial charge is 0.355 e. The van der Waals surface area contributed by atoms with E-state index in [2.05, 4.69) is 14.3 Å². The highest BCUT2D eigenvalue weighted by Crippen LogP contribution is 2.46. The van der Waals surface area contributed by atoms with Crippen LogP contribution in [0.15, 0.2) is 24.0 Å². The van der Waals surface area contributed by atoms with Crippen LogP contribution in [0.5, 0.6) is 0 Å². The zero-order chi connectivity index (χ0) is 16.8. The van der Waals surface area contributed by atoms with Gasteiger partial charge in [0.15, 0.2) is 5.78 Å². The number of nitriles is 1. The molecule has 4 atom stereocenters. The third-order valence-electron chi connectivity index (χ3n) is 4.97. The average Bonchev–Trinajstić information content (AvgIpc) is 2.93. The van der Waals surface area contributed by atoms with Crippen LogP contribution >= 0.6 is 9.24 Å². The van der Waals surface area contributed by atoms with E-state index < -0.39 is 5.16 Å². The van der Waals surface area contributed by atoms with Gasteiger partial charge in [0.05, 0.1) is 16.9 Å². The molecule has 1 saturated heterocycles. The van der Waals surface area contributed by atoms with Gasteiger partial charge in [-0.3, -0.25) is 14.9 Å². The highest BCUT2D eigenvalue weighted by atomic mass is 31.0. The van der Waals surface area contributed by atoms with Crippen molar-refractivity contribution in [1.29, 1.82) is 10.7 Å². The van der Waals surface area contributed by atoms with E-state index in [4.69, 9.17) is 5.41 Å². The number of nitrogens with one attached hydrogen (secondary N) is 1. The van der Waals surface area contributed by atoms with E-state index in [0.717, 1.165) is 18.5 Å². The maximum atomic E-state index is 12.2. The number of hydrogen-bond donors (Lipinski definition) is 1. The first-order valence-electron chi connectivity index (χ1n) is 7.64. The summed E-state index contributed by atoms with van der Waals surface area (Å²) in [4.78, 5) is 14.2. The minimum Gasteiger partial charge on any atom is -0.355 e. The number of ketones is 1. The number of allylic oxidation sites excluding steroid dienone is 1. The Morgan fingerprint density at radius 3 is 2.96 bits per heavy atom. The monoisotopic (exact) mass is 329 g/mol. The normalized spacial score (nSPS) is 30.7. The third kappa shape index (κ3) is 2.49. The van der Waals surface area contributed by atoms with Crippen LogP contribution in [-0.4, -0.2) is 38.0 Å². The molecule has 23 heavy (non-hydrogen) atoms. The lowest BCUT2D eigenvalue weighted by Crippen LogP contribution is -2.57. The Kier molecular flexibility index (Phi) is 3.85. The summed E-state index contributed by atoms with van der Waals surface area (Å²) in [7, 11) is 4.61. The molecule has 0 saturated carbocycles. The topological polar surface area (TPSA) is 85.8 Å². The quantitative estimate of drug-likeness (QED) is 0.833. The van der Waals surface area contributed by atoms with E-state index >= 15 is 0 Å². The van der Waals surface area contributed by atoms with E-state index in [1.807, 2.05) is 31.1 Å². The second-order valence-corrected chi connectivity index (χ2v) is 7.40. The predicted octanol–water partition coefficient (Wildman–Crippen LogP) is 1.50. The molecule has 6 nitrogen and oxygen atoms in total. The van der Waals surface area contributed by atoms with Crippen molar-refractivity contribution in [2.45, 2.75) is 25.0 Å². The Labute approximate surface area is 137 Å². The number of piperidine rings is 1. The SMILES string of the molecule is C[C@H]1C(=O)C(C#N)=C[C@@]2(P)C(=N)N(Cc3cnn(C)c3)CC[C@H]12. The summed E-state index contributed by atoms with van der Waals surface area (Å²) in [5, 5.41) is 21.4. The number of aromatic nitrogens is 2. The van der Waals surface area contributed by atoms with Crippen molar-refractivity contribution in [3.8, 4) is 6.07 Å². The van der Waals surface area contributed by atoms with Crippen molar-refractivity contribution in [2.75, 3.05) is 6.54 Å². The smallest absolute Gasteiger partial charge is 0.176 e. The molecule has 0 radical (unpaired) electrons. The fourth-order valence-corrected chi connectivity index (χ4v) is 4.50. The van der Waals surface area contributed by atoms with Crippen molar-refractivity contribution >= 4 is 20.9 Å². The van der Waals surface area contributed by atoms with Crippen LogP contribution < -0.4 is 0 Å². The van der Waals surface area contributed by atoms with E-state index in [-0.39, 0.29) is 23.2 Å². The first kappa shape index (κ1) is 15.9. The van der Waals surface area contributed by atoms with Gasteiger partial charge in [0.2, 0.25) is 0 Å². The molecule has 1 aliphatic carbocycles. The molecule has 2 aliphatic rings. The lowest BCUT2D eigenvalue weighted by molar-refractivity contribution is -0.120. The summed E-state index contributed by atoms with van der Waals surface area (Å²) in [5.74, 6) is 0.182. The molecule has 1 fully saturated rings. The summed E-state index contributed by atoms with van der Waals surface area (Å²) >= 11 is 0. The number of carbonyl (C=O) groups is 1. The molecule has 120 valence electrons. The Morgan fingerprint density at radius 1 is 1.61 bits per heavy atom. The number of fused-ring (bicyclic) bond motifs is 1. The van der Waals surface area contributed by atoms with Crippen molar-refractivity contribution in [2.24, 2.45) is 18.9 Å². The second-order valence-electron chi connectivity index (χ2n) is 6.44. The summed E-state index contributed by atoms with van der Waals surface area (Å²) in [6.45, 7) is 3.23. The van der Waals surface area contributed by atoms with Crippen LogP contribution in [0.2, 0.25) is 0 Å². The Balaban J connectivity index is 1.92. The Bertz CT molecular complexity index is 746. The molecule has 0 amide bonds. The van der Waals surface area contributed by atoms with Gasteiger partial charge in [-0.15, -0.1) is 9.24 Å². The van der Waals surface area contributed by atoms with Crippen LogP contribution in [-0.2, 0) is 18.4 Å². The molecule has 2 heterocycles. The number of nitrogens with zero attached hydrogens (tertiary/aromatic N) is 4. The molecule has 0 bridgehead atoms. The van der Waals surface area contributed by atoms with Gasteiger partial charge >= 0.3 is 0 Å². The minimum absolute atomic E-state index is 0.0507. The fraction of sp³-hybridized carbons (Fsp3) is 0.500. The number of likely N-dealkylation sites (tertiary alicyclic amines) is 1. The zero-order valence-electron chi connectivity index (χ0n) is 13.3. The zero-order valence-corrected chi connectivity index (χ0v) is 14.4. The van der Waals surface area contributed by atoms with Crippen molar-refractivity contribution in [3.63, 3.8) is 0 Å². The lowest BCUT2D eigenvalue weighted by Gasteiger charge is -2.49. The fourth-order valence-electron chi connectivity index (χ4n) is 3.69. The molecule has 0 aromatic carbocycles. The molecule has 3 rings (SSSR count). The van der Waals surface area contributed by atoms with Crippen LogP contribution in [0.4, 0.5) is 0 Å². The number of carbonyl (C=O) groups excluding carboxylic acids is 1. The molecule has 1 aromatic heterocycles. The van der Waals surface area contributed by atoms with Crippen LogP contribution in [0.3, 0.4) is 0 Å². The first-order valence-corrected chi connectivity index (χ1v) is 8.22. The Morgan fingerprint density at radius 2 is 2.35 bits per heavy atom. The third-order valence-corrected chi connectivity index (χ3v) is 5.84. The standard InChI is InChI=1S/C16H20N5OP/c1-10-13-3-4-21(9-11-7-19-20(2)8-11)15(18)16(13,23)5-12(6-17)14(10)22/h5,7-8,10,13,18H,3-4,9,23H2,1-2H3/t10-,13-,16+/m1/s1. The summed E-state index contributed by atoms with van der Waals surface area (Å²) in [6, 6.07) is 2.00. The average molecular weight is 329 g/mol. The second kappa shape index (κ2) is 5.58.